The number of carbonyl (C=O) groups is 1. The summed E-state index contributed by atoms with van der Waals surface area (Å²) in [7, 11) is 2.19. The third-order valence-corrected chi connectivity index (χ3v) is 6.97. The lowest BCUT2D eigenvalue weighted by atomic mass is 9.87. The van der Waals surface area contributed by atoms with Crippen LogP contribution in [0.1, 0.15) is 50.5 Å². The maximum absolute atomic E-state index is 12.6. The summed E-state index contributed by atoms with van der Waals surface area (Å²) < 4.78 is 0. The summed E-state index contributed by atoms with van der Waals surface area (Å²) in [4.78, 5) is 17.1. The molecule has 0 atom stereocenters. The zero-order valence-electron chi connectivity index (χ0n) is 16.5. The summed E-state index contributed by atoms with van der Waals surface area (Å²) in [5, 5.41) is 11.9. The zero-order valence-corrected chi connectivity index (χ0v) is 17.3. The molecule has 5 heteroatoms. The molecule has 0 saturated carbocycles. The van der Waals surface area contributed by atoms with Gasteiger partial charge in [-0.3, -0.25) is 4.79 Å². The van der Waals surface area contributed by atoms with E-state index < -0.39 is 0 Å². The number of amides is 1. The van der Waals surface area contributed by atoms with E-state index in [1.807, 2.05) is 0 Å². The maximum Gasteiger partial charge on any atom is 0.261 e. The molecule has 1 aliphatic heterocycles. The van der Waals surface area contributed by atoms with Gasteiger partial charge in [0.25, 0.3) is 5.91 Å². The minimum Gasteiger partial charge on any atom is -0.396 e. The topological polar surface area (TPSA) is 52.6 Å². The van der Waals surface area contributed by atoms with Crippen molar-refractivity contribution < 1.29 is 9.90 Å². The summed E-state index contributed by atoms with van der Waals surface area (Å²) in [6.45, 7) is 2.80. The normalized spacial score (nSPS) is 17.1. The van der Waals surface area contributed by atoms with E-state index >= 15 is 0 Å². The van der Waals surface area contributed by atoms with E-state index in [0.29, 0.717) is 13.0 Å². The van der Waals surface area contributed by atoms with Gasteiger partial charge < -0.3 is 15.3 Å². The van der Waals surface area contributed by atoms with Crippen molar-refractivity contribution in [3.63, 3.8) is 0 Å². The number of hydrogen-bond acceptors (Lipinski definition) is 4. The molecule has 28 heavy (non-hydrogen) atoms. The second kappa shape index (κ2) is 8.60. The van der Waals surface area contributed by atoms with E-state index in [4.69, 9.17) is 5.11 Å². The number of aliphatic hydroxyl groups excluding tert-OH is 1. The van der Waals surface area contributed by atoms with Crippen LogP contribution in [0.25, 0.3) is 5.57 Å². The quantitative estimate of drug-likeness (QED) is 0.778. The third kappa shape index (κ3) is 3.93. The summed E-state index contributed by atoms with van der Waals surface area (Å²) in [6, 6.07) is 10.9. The Labute approximate surface area is 170 Å². The monoisotopic (exact) mass is 396 g/mol. The van der Waals surface area contributed by atoms with Crippen LogP contribution in [0.5, 0.6) is 0 Å². The molecular weight excluding hydrogens is 368 g/mol. The van der Waals surface area contributed by atoms with Crippen molar-refractivity contribution in [2.75, 3.05) is 33.3 Å². The number of fused-ring (bicyclic) bond motifs is 2. The minimum atomic E-state index is -0.0208. The molecule has 0 unspecified atom stereocenters. The molecule has 2 N–H and O–H groups in total. The SMILES string of the molecule is CN1CCC(=C2c3ccccc3CCc3sc(C(=O)NCCCO)cc32)CC1. The molecule has 2 aromatic rings. The van der Waals surface area contributed by atoms with E-state index in [2.05, 4.69) is 47.6 Å². The fourth-order valence-electron chi connectivity index (χ4n) is 4.20. The van der Waals surface area contributed by atoms with E-state index in [-0.39, 0.29) is 12.5 Å². The highest BCUT2D eigenvalue weighted by molar-refractivity contribution is 7.14. The van der Waals surface area contributed by atoms with Crippen LogP contribution in [-0.4, -0.2) is 49.2 Å². The first-order chi connectivity index (χ1) is 13.7. The second-order valence-corrected chi connectivity index (χ2v) is 8.86. The van der Waals surface area contributed by atoms with Crippen molar-refractivity contribution >= 4 is 22.8 Å². The Morgan fingerprint density at radius 3 is 2.71 bits per heavy atom. The van der Waals surface area contributed by atoms with Gasteiger partial charge in [-0.15, -0.1) is 11.3 Å². The van der Waals surface area contributed by atoms with Crippen molar-refractivity contribution in [2.45, 2.75) is 32.1 Å². The number of aliphatic hydroxyl groups is 1. The predicted octanol–water partition coefficient (Wildman–Crippen LogP) is 3.49. The van der Waals surface area contributed by atoms with Crippen molar-refractivity contribution in [1.29, 1.82) is 0 Å². The maximum atomic E-state index is 12.6. The summed E-state index contributed by atoms with van der Waals surface area (Å²) in [5.74, 6) is -0.0208. The van der Waals surface area contributed by atoms with E-state index in [0.717, 1.165) is 43.6 Å². The number of benzene rings is 1. The average Bonchev–Trinajstić information content (AvgIpc) is 3.06. The van der Waals surface area contributed by atoms with E-state index in [9.17, 15) is 4.79 Å². The highest BCUT2D eigenvalue weighted by Gasteiger charge is 2.26. The van der Waals surface area contributed by atoms with Crippen LogP contribution in [-0.2, 0) is 12.8 Å². The number of hydrogen-bond donors (Lipinski definition) is 2. The fraction of sp³-hybridized carbons (Fsp3) is 0.435. The molecule has 4 rings (SSSR count). The lowest BCUT2D eigenvalue weighted by Gasteiger charge is -2.27. The van der Waals surface area contributed by atoms with Crippen molar-refractivity contribution in [2.24, 2.45) is 0 Å². The molecular formula is C23H28N2O2S. The first-order valence-corrected chi connectivity index (χ1v) is 11.0. The number of thiophene rings is 1. The number of aryl methyl sites for hydroxylation is 2. The van der Waals surface area contributed by atoms with Crippen LogP contribution in [0.3, 0.4) is 0 Å². The Balaban J connectivity index is 1.75. The molecule has 1 aromatic carbocycles. The number of piperidine rings is 1. The molecule has 2 aliphatic rings. The summed E-state index contributed by atoms with van der Waals surface area (Å²) in [5.41, 5.74) is 6.94. The Hall–Kier alpha value is -1.95. The van der Waals surface area contributed by atoms with Gasteiger partial charge in [0.2, 0.25) is 0 Å². The van der Waals surface area contributed by atoms with Gasteiger partial charge in [-0.05, 0) is 67.5 Å². The van der Waals surface area contributed by atoms with Gasteiger partial charge in [0.05, 0.1) is 4.88 Å². The molecule has 1 aliphatic carbocycles. The molecule has 1 amide bonds. The lowest BCUT2D eigenvalue weighted by molar-refractivity contribution is 0.0955. The number of rotatable bonds is 4. The van der Waals surface area contributed by atoms with Gasteiger partial charge in [-0.2, -0.15) is 0 Å². The Morgan fingerprint density at radius 1 is 1.14 bits per heavy atom. The van der Waals surface area contributed by atoms with Crippen LogP contribution < -0.4 is 5.32 Å². The Bertz CT molecular complexity index is 890. The van der Waals surface area contributed by atoms with Crippen molar-refractivity contribution in [1.82, 2.24) is 10.2 Å². The summed E-state index contributed by atoms with van der Waals surface area (Å²) >= 11 is 1.63. The largest absolute Gasteiger partial charge is 0.396 e. The van der Waals surface area contributed by atoms with Gasteiger partial charge >= 0.3 is 0 Å². The van der Waals surface area contributed by atoms with Gasteiger partial charge in [0, 0.05) is 31.1 Å². The smallest absolute Gasteiger partial charge is 0.261 e. The first-order valence-electron chi connectivity index (χ1n) is 10.2. The van der Waals surface area contributed by atoms with Crippen LogP contribution in [0.15, 0.2) is 35.9 Å². The van der Waals surface area contributed by atoms with Gasteiger partial charge in [-0.25, -0.2) is 0 Å². The molecule has 1 saturated heterocycles. The van der Waals surface area contributed by atoms with E-state index in [1.54, 1.807) is 11.3 Å². The first kappa shape index (κ1) is 19.4. The number of carbonyl (C=O) groups excluding carboxylic acids is 1. The highest BCUT2D eigenvalue weighted by atomic mass is 32.1. The Morgan fingerprint density at radius 2 is 1.93 bits per heavy atom. The van der Waals surface area contributed by atoms with Crippen LogP contribution >= 0.6 is 11.3 Å². The standard InChI is InChI=1S/C23H28N2O2S/c1-25-12-9-17(10-13-25)22-18-6-3-2-5-16(18)7-8-20-19(22)15-21(28-20)23(27)24-11-4-14-26/h2-3,5-6,15,26H,4,7-14H2,1H3,(H,24,27). The minimum absolute atomic E-state index is 0.0208. The van der Waals surface area contributed by atoms with Gasteiger partial charge in [-0.1, -0.05) is 29.8 Å². The second-order valence-electron chi connectivity index (χ2n) is 7.72. The number of nitrogens with one attached hydrogen (secondary N) is 1. The zero-order chi connectivity index (χ0) is 19.5. The predicted molar refractivity (Wildman–Crippen MR) is 115 cm³/mol. The molecule has 0 spiro atoms. The molecule has 1 aromatic heterocycles. The molecule has 0 radical (unpaired) electrons. The third-order valence-electron chi connectivity index (χ3n) is 5.77. The van der Waals surface area contributed by atoms with Crippen LogP contribution in [0, 0.1) is 0 Å². The Kier molecular flexibility index (Phi) is 5.95. The molecule has 4 nitrogen and oxygen atoms in total. The molecule has 1 fully saturated rings. The van der Waals surface area contributed by atoms with Crippen LogP contribution in [0.4, 0.5) is 0 Å². The van der Waals surface area contributed by atoms with E-state index in [1.165, 1.54) is 32.7 Å². The summed E-state index contributed by atoms with van der Waals surface area (Å²) in [6.07, 6.45) is 4.78. The van der Waals surface area contributed by atoms with Gasteiger partial charge in [0.15, 0.2) is 0 Å². The number of nitrogens with zero attached hydrogens (tertiary/aromatic N) is 1. The van der Waals surface area contributed by atoms with Gasteiger partial charge in [0.1, 0.15) is 0 Å². The van der Waals surface area contributed by atoms with Crippen molar-refractivity contribution in [3.8, 4) is 0 Å². The van der Waals surface area contributed by atoms with Crippen molar-refractivity contribution in [3.05, 3.63) is 62.3 Å². The highest BCUT2D eigenvalue weighted by Crippen LogP contribution is 2.41. The average molecular weight is 397 g/mol. The number of likely N-dealkylation sites (tertiary alicyclic amines) is 1. The molecule has 2 heterocycles. The molecule has 148 valence electrons. The lowest BCUT2D eigenvalue weighted by Crippen LogP contribution is -2.27. The molecule has 0 bridgehead atoms. The fourth-order valence-corrected chi connectivity index (χ4v) is 5.28. The van der Waals surface area contributed by atoms with Crippen LogP contribution in [0.2, 0.25) is 0 Å².